The molecule has 1 aliphatic rings. The Kier molecular flexibility index (Phi) is 3.88. The van der Waals surface area contributed by atoms with Crippen molar-refractivity contribution >= 4 is 16.3 Å². The highest BCUT2D eigenvalue weighted by Gasteiger charge is 2.18. The number of benzene rings is 1. The maximum absolute atomic E-state index is 12.5. The Morgan fingerprint density at radius 3 is 2.83 bits per heavy atom. The molecule has 5 heteroatoms. The molecule has 0 amide bonds. The van der Waals surface area contributed by atoms with Gasteiger partial charge in [-0.05, 0) is 62.8 Å². The quantitative estimate of drug-likeness (QED) is 0.728. The molecule has 0 saturated heterocycles. The first-order valence-corrected chi connectivity index (χ1v) is 9.17. The van der Waals surface area contributed by atoms with Crippen molar-refractivity contribution in [1.29, 1.82) is 0 Å². The largest absolute Gasteiger partial charge is 0.487 e. The Hall–Kier alpha value is -2.14. The topological polar surface area (TPSA) is 43.6 Å². The Bertz CT molecular complexity index is 971. The predicted octanol–water partition coefficient (Wildman–Crippen LogP) is 3.83. The zero-order chi connectivity index (χ0) is 16.7. The van der Waals surface area contributed by atoms with E-state index in [4.69, 9.17) is 4.74 Å². The van der Waals surface area contributed by atoms with Gasteiger partial charge in [-0.2, -0.15) is 0 Å². The summed E-state index contributed by atoms with van der Waals surface area (Å²) in [6.07, 6.45) is 4.41. The SMILES string of the molecule is Cc1ccc(OCc2cc(=O)n3c4c(sc3n2)CCCC4)cc1C. The summed E-state index contributed by atoms with van der Waals surface area (Å²) in [7, 11) is 0. The van der Waals surface area contributed by atoms with Crippen LogP contribution in [0.4, 0.5) is 0 Å². The van der Waals surface area contributed by atoms with Crippen molar-refractivity contribution in [2.24, 2.45) is 0 Å². The Balaban J connectivity index is 1.63. The number of hydrogen-bond acceptors (Lipinski definition) is 4. The third kappa shape index (κ3) is 2.73. The second kappa shape index (κ2) is 6.06. The van der Waals surface area contributed by atoms with Crippen molar-refractivity contribution in [3.05, 3.63) is 62.0 Å². The van der Waals surface area contributed by atoms with Gasteiger partial charge in [-0.15, -0.1) is 11.3 Å². The molecule has 3 aromatic rings. The number of ether oxygens (including phenoxy) is 1. The molecule has 0 radical (unpaired) electrons. The summed E-state index contributed by atoms with van der Waals surface area (Å²) in [4.78, 5) is 19.3. The molecule has 0 bridgehead atoms. The number of rotatable bonds is 3. The van der Waals surface area contributed by atoms with Crippen molar-refractivity contribution in [3.63, 3.8) is 0 Å². The van der Waals surface area contributed by atoms with E-state index in [1.807, 2.05) is 18.2 Å². The molecule has 124 valence electrons. The minimum absolute atomic E-state index is 0.0121. The van der Waals surface area contributed by atoms with Gasteiger partial charge in [0.15, 0.2) is 4.96 Å². The molecule has 24 heavy (non-hydrogen) atoms. The first kappa shape index (κ1) is 15.4. The zero-order valence-electron chi connectivity index (χ0n) is 14.0. The molecule has 2 aromatic heterocycles. The van der Waals surface area contributed by atoms with Gasteiger partial charge in [0.1, 0.15) is 12.4 Å². The molecule has 0 aliphatic heterocycles. The molecule has 1 aromatic carbocycles. The van der Waals surface area contributed by atoms with Gasteiger partial charge in [0.25, 0.3) is 5.56 Å². The summed E-state index contributed by atoms with van der Waals surface area (Å²) in [5.74, 6) is 0.811. The van der Waals surface area contributed by atoms with Crippen LogP contribution in [-0.4, -0.2) is 9.38 Å². The molecule has 0 unspecified atom stereocenters. The summed E-state index contributed by atoms with van der Waals surface area (Å²) >= 11 is 1.65. The summed E-state index contributed by atoms with van der Waals surface area (Å²) in [6.45, 7) is 4.46. The fourth-order valence-corrected chi connectivity index (χ4v) is 4.41. The van der Waals surface area contributed by atoms with Crippen LogP contribution in [0.25, 0.3) is 4.96 Å². The zero-order valence-corrected chi connectivity index (χ0v) is 14.8. The number of hydrogen-bond donors (Lipinski definition) is 0. The van der Waals surface area contributed by atoms with E-state index in [0.717, 1.165) is 30.0 Å². The summed E-state index contributed by atoms with van der Waals surface area (Å²) in [5, 5.41) is 0. The average molecular weight is 340 g/mol. The van der Waals surface area contributed by atoms with E-state index in [-0.39, 0.29) is 5.56 Å². The van der Waals surface area contributed by atoms with Gasteiger partial charge in [-0.1, -0.05) is 6.07 Å². The average Bonchev–Trinajstić information content (AvgIpc) is 2.94. The maximum Gasteiger partial charge on any atom is 0.259 e. The van der Waals surface area contributed by atoms with Crippen molar-refractivity contribution in [2.75, 3.05) is 0 Å². The molecule has 4 nitrogen and oxygen atoms in total. The highest BCUT2D eigenvalue weighted by atomic mass is 32.1. The number of aromatic nitrogens is 2. The van der Waals surface area contributed by atoms with Crippen LogP contribution in [0.15, 0.2) is 29.1 Å². The van der Waals surface area contributed by atoms with Gasteiger partial charge in [0.2, 0.25) is 0 Å². The fourth-order valence-electron chi connectivity index (χ4n) is 3.18. The smallest absolute Gasteiger partial charge is 0.259 e. The molecule has 1 aliphatic carbocycles. The normalized spacial score (nSPS) is 13.9. The van der Waals surface area contributed by atoms with Crippen LogP contribution in [0.2, 0.25) is 0 Å². The van der Waals surface area contributed by atoms with E-state index in [0.29, 0.717) is 12.3 Å². The lowest BCUT2D eigenvalue weighted by molar-refractivity contribution is 0.301. The maximum atomic E-state index is 12.5. The van der Waals surface area contributed by atoms with Gasteiger partial charge in [0, 0.05) is 16.6 Å². The standard InChI is InChI=1S/C19H20N2O2S/c1-12-7-8-15(9-13(12)2)23-11-14-10-18(22)21-16-5-3-4-6-17(16)24-19(21)20-14/h7-10H,3-6,11H2,1-2H3. The first-order valence-electron chi connectivity index (χ1n) is 8.35. The predicted molar refractivity (Wildman–Crippen MR) is 96.2 cm³/mol. The van der Waals surface area contributed by atoms with E-state index in [9.17, 15) is 4.79 Å². The molecule has 4 rings (SSSR count). The fraction of sp³-hybridized carbons (Fsp3) is 0.368. The molecule has 0 saturated carbocycles. The number of thiazole rings is 1. The van der Waals surface area contributed by atoms with Crippen molar-refractivity contribution in [3.8, 4) is 5.75 Å². The molecular formula is C19H20N2O2S. The highest BCUT2D eigenvalue weighted by Crippen LogP contribution is 2.28. The Morgan fingerprint density at radius 2 is 2.00 bits per heavy atom. The lowest BCUT2D eigenvalue weighted by atomic mass is 10.0. The molecular weight excluding hydrogens is 320 g/mol. The highest BCUT2D eigenvalue weighted by molar-refractivity contribution is 7.17. The van der Waals surface area contributed by atoms with Gasteiger partial charge < -0.3 is 4.74 Å². The van der Waals surface area contributed by atoms with Crippen LogP contribution in [0, 0.1) is 13.8 Å². The molecule has 0 fully saturated rings. The summed E-state index contributed by atoms with van der Waals surface area (Å²) in [6, 6.07) is 7.63. The second-order valence-corrected chi connectivity index (χ2v) is 7.48. The van der Waals surface area contributed by atoms with Crippen molar-refractivity contribution < 1.29 is 4.74 Å². The van der Waals surface area contributed by atoms with Gasteiger partial charge >= 0.3 is 0 Å². The summed E-state index contributed by atoms with van der Waals surface area (Å²) < 4.78 is 7.62. The van der Waals surface area contributed by atoms with Crippen molar-refractivity contribution in [2.45, 2.75) is 46.1 Å². The molecule has 0 atom stereocenters. The monoisotopic (exact) mass is 340 g/mol. The van der Waals surface area contributed by atoms with E-state index in [2.05, 4.69) is 18.8 Å². The van der Waals surface area contributed by atoms with Gasteiger partial charge in [-0.3, -0.25) is 9.20 Å². The van der Waals surface area contributed by atoms with Crippen LogP contribution in [0.1, 0.15) is 40.2 Å². The number of fused-ring (bicyclic) bond motifs is 3. The van der Waals surface area contributed by atoms with E-state index in [1.165, 1.54) is 28.1 Å². The van der Waals surface area contributed by atoms with E-state index < -0.39 is 0 Å². The minimum Gasteiger partial charge on any atom is -0.487 e. The van der Waals surface area contributed by atoms with Crippen LogP contribution < -0.4 is 10.3 Å². The molecule has 0 N–H and O–H groups in total. The second-order valence-electron chi connectivity index (χ2n) is 6.42. The third-order valence-corrected chi connectivity index (χ3v) is 5.82. The van der Waals surface area contributed by atoms with Crippen LogP contribution in [-0.2, 0) is 19.4 Å². The van der Waals surface area contributed by atoms with E-state index in [1.54, 1.807) is 21.8 Å². The first-order chi connectivity index (χ1) is 11.6. The molecule has 0 spiro atoms. The third-order valence-electron chi connectivity index (χ3n) is 4.68. The van der Waals surface area contributed by atoms with Crippen molar-refractivity contribution in [1.82, 2.24) is 9.38 Å². The Morgan fingerprint density at radius 1 is 1.17 bits per heavy atom. The van der Waals surface area contributed by atoms with E-state index >= 15 is 0 Å². The molecule has 2 heterocycles. The lowest BCUT2D eigenvalue weighted by Gasteiger charge is -2.10. The Labute approximate surface area is 144 Å². The van der Waals surface area contributed by atoms with Crippen LogP contribution in [0.5, 0.6) is 5.75 Å². The number of aryl methyl sites for hydroxylation is 4. The van der Waals surface area contributed by atoms with Crippen LogP contribution in [0.3, 0.4) is 0 Å². The summed E-state index contributed by atoms with van der Waals surface area (Å²) in [5.41, 5.74) is 4.31. The van der Waals surface area contributed by atoms with Gasteiger partial charge in [0.05, 0.1) is 5.69 Å². The number of nitrogens with zero attached hydrogens (tertiary/aromatic N) is 2. The minimum atomic E-state index is 0.0121. The van der Waals surface area contributed by atoms with Crippen LogP contribution >= 0.6 is 11.3 Å². The van der Waals surface area contributed by atoms with Gasteiger partial charge in [-0.25, -0.2) is 4.98 Å². The lowest BCUT2D eigenvalue weighted by Crippen LogP contribution is -2.18.